The Balaban J connectivity index is 1.24. The summed E-state index contributed by atoms with van der Waals surface area (Å²) in [5, 5.41) is 11.2. The molecule has 1 unspecified atom stereocenters. The van der Waals surface area contributed by atoms with Gasteiger partial charge in [-0.15, -0.1) is 0 Å². The molecule has 0 aliphatic carbocycles. The molecular weight excluding hydrogens is 1060 g/mol. The largest absolute Gasteiger partial charge is 0.308 e. The molecule has 0 saturated carbocycles. The summed E-state index contributed by atoms with van der Waals surface area (Å²) in [6.07, 6.45) is 7.58. The van der Waals surface area contributed by atoms with Crippen molar-refractivity contribution >= 4 is 82.0 Å². The van der Waals surface area contributed by atoms with Crippen LogP contribution in [0.2, 0.25) is 0 Å². The number of hydrogen-bond donors (Lipinski definition) is 0. The van der Waals surface area contributed by atoms with E-state index in [4.69, 9.17) is 0 Å². The molecule has 1 aliphatic rings. The number of pyridine rings is 3. The summed E-state index contributed by atoms with van der Waals surface area (Å²) >= 11 is 0. The number of hydrogen-bond acceptors (Lipinski definition) is 0. The summed E-state index contributed by atoms with van der Waals surface area (Å²) in [6, 6.07) is 50.6. The van der Waals surface area contributed by atoms with Gasteiger partial charge in [0.05, 0.1) is 34.3 Å². The third kappa shape index (κ3) is 6.90. The maximum atomic E-state index is 2.79. The Morgan fingerprint density at radius 3 is 0.989 bits per heavy atom. The van der Waals surface area contributed by atoms with Gasteiger partial charge < -0.3 is 0 Å². The van der Waals surface area contributed by atoms with Crippen molar-refractivity contribution in [2.45, 2.75) is 116 Å². The summed E-state index contributed by atoms with van der Waals surface area (Å²) in [5.74, 6) is 0. The van der Waals surface area contributed by atoms with E-state index < -0.39 is 5.66 Å². The summed E-state index contributed by atoms with van der Waals surface area (Å²) in [6.45, 7) is 36.6. The van der Waals surface area contributed by atoms with E-state index in [-0.39, 0.29) is 0 Å². The van der Waals surface area contributed by atoms with Gasteiger partial charge >= 0.3 is 5.66 Å². The number of rotatable bonds is 5. The molecule has 7 heterocycles. The standard InChI is InChI=1S/C81H75N6/c1-42-27-52(11)72(53(12)28-42)69-39-82(17)78-76-59(62-34-47(6)49(8)36-66(62)85(69)78)23-19-25-64(76)81(65-26-20-24-60-63-35-48(7)51(10)38-68(63)87-71(41-84(81)80(87)77(60)65)74-56(15)31-44(3)32-57(74)16)83-40-70(73-54(13)29-43(2)30-55(73)14)86-67-37-50(9)46(5)33-61(67)58-22-18-21-45(4)75(58)79(83)86/h18-41H,1-17H3/q+3. The van der Waals surface area contributed by atoms with Crippen molar-refractivity contribution in [2.24, 2.45) is 7.05 Å². The summed E-state index contributed by atoms with van der Waals surface area (Å²) in [7, 11) is 2.29. The zero-order chi connectivity index (χ0) is 60.5. The Hall–Kier alpha value is -9.39. The fourth-order valence-electron chi connectivity index (χ4n) is 16.9. The van der Waals surface area contributed by atoms with Gasteiger partial charge in [-0.2, -0.15) is 22.3 Å². The van der Waals surface area contributed by atoms with Gasteiger partial charge in [0, 0.05) is 49.0 Å². The van der Waals surface area contributed by atoms with Crippen LogP contribution in [-0.2, 0) is 12.7 Å². The Labute approximate surface area is 509 Å². The lowest BCUT2D eigenvalue weighted by atomic mass is 9.85. The van der Waals surface area contributed by atoms with Crippen LogP contribution in [0.3, 0.4) is 0 Å². The Kier molecular flexibility index (Phi) is 11.0. The van der Waals surface area contributed by atoms with Crippen LogP contribution >= 0.6 is 0 Å². The molecular formula is C81H75N6+3. The number of benzene rings is 9. The van der Waals surface area contributed by atoms with Gasteiger partial charge in [0.2, 0.25) is 0 Å². The molecule has 1 atom stereocenters. The quantitative estimate of drug-likeness (QED) is 0.121. The molecule has 9 aromatic carbocycles. The molecule has 426 valence electrons. The van der Waals surface area contributed by atoms with Crippen LogP contribution in [0.25, 0.3) is 116 Å². The molecule has 6 heteroatoms. The highest BCUT2D eigenvalue weighted by Crippen LogP contribution is 2.50. The Morgan fingerprint density at radius 1 is 0.287 bits per heavy atom. The first-order chi connectivity index (χ1) is 41.7. The first kappa shape index (κ1) is 53.1. The highest BCUT2D eigenvalue weighted by molar-refractivity contribution is 6.18. The smallest absolute Gasteiger partial charge is 0.232 e. The van der Waals surface area contributed by atoms with Crippen molar-refractivity contribution < 1.29 is 13.7 Å². The molecule has 16 rings (SSSR count). The second-order valence-electron chi connectivity index (χ2n) is 26.7. The third-order valence-corrected chi connectivity index (χ3v) is 20.7. The minimum Gasteiger partial charge on any atom is -0.232 e. The number of fused-ring (bicyclic) bond motifs is 15. The summed E-state index contributed by atoms with van der Waals surface area (Å²) in [5.41, 5.74) is 36.1. The number of aryl methyl sites for hydroxylation is 17. The van der Waals surface area contributed by atoms with E-state index in [0.717, 1.165) is 11.3 Å². The fourth-order valence-corrected chi connectivity index (χ4v) is 16.9. The zero-order valence-corrected chi connectivity index (χ0v) is 53.5. The topological polar surface area (TPSA) is 24.9 Å². The first-order valence-electron chi connectivity index (χ1n) is 31.1. The molecule has 0 fully saturated rings. The lowest BCUT2D eigenvalue weighted by Gasteiger charge is -2.28. The van der Waals surface area contributed by atoms with Crippen LogP contribution < -0.4 is 13.7 Å². The van der Waals surface area contributed by atoms with Crippen molar-refractivity contribution in [2.75, 3.05) is 0 Å². The van der Waals surface area contributed by atoms with E-state index in [1.54, 1.807) is 0 Å². The predicted molar refractivity (Wildman–Crippen MR) is 362 cm³/mol. The van der Waals surface area contributed by atoms with E-state index in [1.165, 1.54) is 205 Å². The van der Waals surface area contributed by atoms with Crippen molar-refractivity contribution in [3.05, 3.63) is 246 Å². The molecule has 6 nitrogen and oxygen atoms in total. The van der Waals surface area contributed by atoms with Crippen LogP contribution in [0.15, 0.2) is 146 Å². The lowest BCUT2D eigenvalue weighted by Crippen LogP contribution is -2.72. The molecule has 0 spiro atoms. The van der Waals surface area contributed by atoms with Crippen LogP contribution in [-0.4, -0.2) is 13.2 Å². The molecule has 6 aromatic heterocycles. The van der Waals surface area contributed by atoms with Gasteiger partial charge in [0.15, 0.2) is 17.1 Å². The highest BCUT2D eigenvalue weighted by atomic mass is 15.4. The van der Waals surface area contributed by atoms with Gasteiger partial charge in [-0.25, -0.2) is 4.57 Å². The molecule has 0 saturated heterocycles. The predicted octanol–water partition coefficient (Wildman–Crippen LogP) is 18.3. The second kappa shape index (κ2) is 18.1. The average molecular weight is 1130 g/mol. The highest BCUT2D eigenvalue weighted by Gasteiger charge is 2.59. The normalized spacial score (nSPS) is 14.3. The van der Waals surface area contributed by atoms with Crippen molar-refractivity contribution in [1.29, 1.82) is 0 Å². The monoisotopic (exact) mass is 1130 g/mol. The second-order valence-corrected chi connectivity index (χ2v) is 26.7. The molecule has 87 heavy (non-hydrogen) atoms. The van der Waals surface area contributed by atoms with E-state index in [9.17, 15) is 0 Å². The van der Waals surface area contributed by atoms with E-state index in [2.05, 4.69) is 291 Å². The van der Waals surface area contributed by atoms with Crippen LogP contribution in [0.1, 0.15) is 100 Å². The minimum absolute atomic E-state index is 1.10. The van der Waals surface area contributed by atoms with Gasteiger partial charge in [-0.05, 0) is 232 Å². The maximum absolute atomic E-state index is 2.79. The first-order valence-corrected chi connectivity index (χ1v) is 31.1. The van der Waals surface area contributed by atoms with Crippen molar-refractivity contribution in [3.63, 3.8) is 0 Å². The number of nitrogens with zero attached hydrogens (tertiary/aromatic N) is 6. The van der Waals surface area contributed by atoms with Crippen LogP contribution in [0, 0.1) is 111 Å². The Morgan fingerprint density at radius 2 is 0.598 bits per heavy atom. The lowest BCUT2D eigenvalue weighted by molar-refractivity contribution is -0.946. The van der Waals surface area contributed by atoms with Crippen LogP contribution in [0.5, 0.6) is 0 Å². The molecule has 0 bridgehead atoms. The van der Waals surface area contributed by atoms with Crippen molar-refractivity contribution in [1.82, 2.24) is 13.2 Å². The molecule has 0 N–H and O–H groups in total. The maximum Gasteiger partial charge on any atom is 0.308 e. The third-order valence-electron chi connectivity index (χ3n) is 20.7. The van der Waals surface area contributed by atoms with Crippen molar-refractivity contribution in [3.8, 4) is 33.8 Å². The number of aromatic nitrogens is 6. The zero-order valence-electron chi connectivity index (χ0n) is 53.5. The SMILES string of the molecule is Cc1cc(C)c(-c2c[n+](C)c3c4c(C5([n+]6cc(-c7c(C)cc(C)cc7C)n7c8cc(C)c(C)cc8c8cccc(C)c8c76)c6cccc7c8cc(C)c(C)cc8n8c(-c9c(C)cc(C)cc9C)c[n+]5c8c67)cccc4c4cc(C)c(C)cc4n23)c(C)c1. The molecule has 15 aromatic rings. The van der Waals surface area contributed by atoms with E-state index in [0.29, 0.717) is 0 Å². The summed E-state index contributed by atoms with van der Waals surface area (Å²) < 4.78 is 16.0. The van der Waals surface area contributed by atoms with Gasteiger partial charge in [0.1, 0.15) is 35.1 Å². The van der Waals surface area contributed by atoms with Gasteiger partial charge in [-0.3, -0.25) is 0 Å². The minimum atomic E-state index is -1.10. The van der Waals surface area contributed by atoms with E-state index in [1.807, 2.05) is 0 Å². The van der Waals surface area contributed by atoms with E-state index >= 15 is 0 Å². The summed E-state index contributed by atoms with van der Waals surface area (Å²) in [4.78, 5) is 0. The average Bonchev–Trinajstić information content (AvgIpc) is 1.50. The molecule has 1 aliphatic heterocycles. The fraction of sp³-hybridized carbons (Fsp3) is 0.222. The molecule has 0 radical (unpaired) electrons. The van der Waals surface area contributed by atoms with Crippen LogP contribution in [0.4, 0.5) is 0 Å². The van der Waals surface area contributed by atoms with Gasteiger partial charge in [-0.1, -0.05) is 95.6 Å². The molecule has 0 amide bonds. The Bertz CT molecular complexity index is 5640. The number of imidazole rings is 3. The van der Waals surface area contributed by atoms with Gasteiger partial charge in [0.25, 0.3) is 16.9 Å².